The molecule has 0 radical (unpaired) electrons. The topological polar surface area (TPSA) is 43.9 Å². The molecule has 0 unspecified atom stereocenters. The highest BCUT2D eigenvalue weighted by Gasteiger charge is 2.60. The number of alkyl halides is 2. The highest BCUT2D eigenvalue weighted by Crippen LogP contribution is 2.33. The van der Waals surface area contributed by atoms with Gasteiger partial charge >= 0.3 is 5.92 Å². The molecule has 0 aliphatic carbocycles. The van der Waals surface area contributed by atoms with E-state index in [2.05, 4.69) is 17.3 Å². The molecule has 0 amide bonds. The molecule has 0 spiro atoms. The van der Waals surface area contributed by atoms with Crippen LogP contribution in [0.25, 0.3) is 0 Å². The second-order valence-electron chi connectivity index (χ2n) is 2.23. The third-order valence-electron chi connectivity index (χ3n) is 1.67. The van der Waals surface area contributed by atoms with E-state index >= 15 is 0 Å². The minimum absolute atomic E-state index is 0.268. The molecule has 1 fully saturated rings. The first kappa shape index (κ1) is 7.45. The highest BCUT2D eigenvalue weighted by atomic mass is 19.3. The quantitative estimate of drug-likeness (QED) is 0.439. The van der Waals surface area contributed by atoms with Gasteiger partial charge in [-0.15, -0.1) is 6.42 Å². The summed E-state index contributed by atoms with van der Waals surface area (Å²) in [4.78, 5) is 0. The van der Waals surface area contributed by atoms with Gasteiger partial charge in [-0.1, -0.05) is 6.92 Å². The van der Waals surface area contributed by atoms with Crippen LogP contribution in [0, 0.1) is 12.3 Å². The number of hydrogen-bond acceptors (Lipinski definition) is 2. The maximum absolute atomic E-state index is 12.6. The zero-order valence-corrected chi connectivity index (χ0v) is 5.54. The molecule has 0 atom stereocenters. The van der Waals surface area contributed by atoms with Crippen LogP contribution in [-0.2, 0) is 0 Å². The molecule has 4 heteroatoms. The summed E-state index contributed by atoms with van der Waals surface area (Å²) in [6, 6.07) is 0. The number of nitrogens with one attached hydrogen (secondary N) is 2. The summed E-state index contributed by atoms with van der Waals surface area (Å²) in [5, 5.41) is 0. The van der Waals surface area contributed by atoms with Crippen molar-refractivity contribution >= 4 is 0 Å². The Hall–Kier alpha value is -0.660. The van der Waals surface area contributed by atoms with E-state index in [4.69, 9.17) is 0 Å². The smallest absolute Gasteiger partial charge is 0.228 e. The fourth-order valence-electron chi connectivity index (χ4n) is 0.754. The second kappa shape index (κ2) is 1.91. The van der Waals surface area contributed by atoms with Gasteiger partial charge in [0.05, 0.1) is 0 Å². The van der Waals surface area contributed by atoms with Crippen molar-refractivity contribution in [3.63, 3.8) is 0 Å². The SMILES string of the molecule is C#CC(F)(F)C1(CC)NN1. The van der Waals surface area contributed by atoms with Gasteiger partial charge in [0.1, 0.15) is 0 Å². The summed E-state index contributed by atoms with van der Waals surface area (Å²) >= 11 is 0. The first-order valence-corrected chi connectivity index (χ1v) is 2.98. The summed E-state index contributed by atoms with van der Waals surface area (Å²) < 4.78 is 25.3. The zero-order chi connectivity index (χ0) is 7.83. The average Bonchev–Trinajstić information content (AvgIpc) is 2.67. The van der Waals surface area contributed by atoms with Crippen molar-refractivity contribution in [1.82, 2.24) is 10.9 Å². The number of halogens is 2. The van der Waals surface area contributed by atoms with E-state index in [-0.39, 0.29) is 6.42 Å². The lowest BCUT2D eigenvalue weighted by atomic mass is 10.1. The molecule has 1 saturated heterocycles. The fraction of sp³-hybridized carbons (Fsp3) is 0.667. The molecule has 10 heavy (non-hydrogen) atoms. The third-order valence-corrected chi connectivity index (χ3v) is 1.67. The summed E-state index contributed by atoms with van der Waals surface area (Å²) in [5.41, 5.74) is 3.36. The Bertz CT molecular complexity index is 179. The van der Waals surface area contributed by atoms with Gasteiger partial charge in [0.15, 0.2) is 5.66 Å². The van der Waals surface area contributed by atoms with Gasteiger partial charge in [-0.05, 0) is 12.3 Å². The summed E-state index contributed by atoms with van der Waals surface area (Å²) in [6.07, 6.45) is 4.90. The molecule has 0 aromatic heterocycles. The van der Waals surface area contributed by atoms with E-state index in [1.54, 1.807) is 6.92 Å². The first-order valence-electron chi connectivity index (χ1n) is 2.98. The van der Waals surface area contributed by atoms with Crippen molar-refractivity contribution in [3.8, 4) is 12.3 Å². The maximum atomic E-state index is 12.6. The predicted octanol–water partition coefficient (Wildman–Crippen LogP) is 0.469. The molecule has 0 saturated carbocycles. The molecule has 0 aromatic carbocycles. The summed E-state index contributed by atoms with van der Waals surface area (Å²) in [6.45, 7) is 1.64. The Morgan fingerprint density at radius 2 is 2.10 bits per heavy atom. The average molecular weight is 146 g/mol. The van der Waals surface area contributed by atoms with Gasteiger partial charge in [-0.25, -0.2) is 10.9 Å². The van der Waals surface area contributed by atoms with Gasteiger partial charge < -0.3 is 0 Å². The molecule has 2 nitrogen and oxygen atoms in total. The fourth-order valence-corrected chi connectivity index (χ4v) is 0.754. The minimum Gasteiger partial charge on any atom is -0.228 e. The van der Waals surface area contributed by atoms with Gasteiger partial charge in [0.25, 0.3) is 0 Å². The van der Waals surface area contributed by atoms with E-state index in [1.807, 2.05) is 0 Å². The largest absolute Gasteiger partial charge is 0.340 e. The number of hydrazine groups is 1. The van der Waals surface area contributed by atoms with Crippen LogP contribution >= 0.6 is 0 Å². The normalized spacial score (nSPS) is 21.8. The lowest BCUT2D eigenvalue weighted by Crippen LogP contribution is -2.39. The van der Waals surface area contributed by atoms with Crippen molar-refractivity contribution in [2.24, 2.45) is 0 Å². The molecular formula is C6H8F2N2. The van der Waals surface area contributed by atoms with Crippen LogP contribution in [0.1, 0.15) is 13.3 Å². The second-order valence-corrected chi connectivity index (χ2v) is 2.23. The lowest BCUT2D eigenvalue weighted by Gasteiger charge is -2.15. The molecule has 0 aromatic rings. The third kappa shape index (κ3) is 0.789. The van der Waals surface area contributed by atoms with Crippen molar-refractivity contribution in [2.45, 2.75) is 24.9 Å². The van der Waals surface area contributed by atoms with Crippen LogP contribution in [0.15, 0.2) is 0 Å². The van der Waals surface area contributed by atoms with Crippen LogP contribution < -0.4 is 10.9 Å². The lowest BCUT2D eigenvalue weighted by molar-refractivity contribution is 0.0158. The predicted molar refractivity (Wildman–Crippen MR) is 33.1 cm³/mol. The van der Waals surface area contributed by atoms with Gasteiger partial charge in [-0.3, -0.25) is 0 Å². The van der Waals surface area contributed by atoms with Crippen molar-refractivity contribution in [3.05, 3.63) is 0 Å². The number of rotatable bonds is 2. The maximum Gasteiger partial charge on any atom is 0.340 e. The van der Waals surface area contributed by atoms with Crippen LogP contribution in [0.2, 0.25) is 0 Å². The van der Waals surface area contributed by atoms with Crippen LogP contribution in [-0.4, -0.2) is 11.6 Å². The number of hydrogen-bond donors (Lipinski definition) is 2. The molecule has 0 bridgehead atoms. The highest BCUT2D eigenvalue weighted by molar-refractivity contribution is 5.18. The Labute approximate surface area is 58.0 Å². The molecule has 1 aliphatic heterocycles. The van der Waals surface area contributed by atoms with Crippen molar-refractivity contribution in [2.75, 3.05) is 0 Å². The molecule has 1 aliphatic rings. The van der Waals surface area contributed by atoms with Gasteiger partial charge in [0, 0.05) is 0 Å². The first-order chi connectivity index (χ1) is 4.58. The standard InChI is InChI=1S/C6H8F2N2/c1-3-5(7,8)6(4-2)9-10-6/h1,9-10H,4H2,2H3. The summed E-state index contributed by atoms with van der Waals surface area (Å²) in [5.74, 6) is -1.66. The zero-order valence-electron chi connectivity index (χ0n) is 5.54. The molecular weight excluding hydrogens is 138 g/mol. The van der Waals surface area contributed by atoms with E-state index in [0.29, 0.717) is 0 Å². The Kier molecular flexibility index (Phi) is 1.42. The number of terminal acetylenes is 1. The minimum atomic E-state index is -3.10. The van der Waals surface area contributed by atoms with E-state index in [1.165, 1.54) is 5.92 Å². The summed E-state index contributed by atoms with van der Waals surface area (Å²) in [7, 11) is 0. The van der Waals surface area contributed by atoms with Crippen LogP contribution in [0.4, 0.5) is 8.78 Å². The van der Waals surface area contributed by atoms with E-state index < -0.39 is 11.6 Å². The monoisotopic (exact) mass is 146 g/mol. The van der Waals surface area contributed by atoms with Crippen LogP contribution in [0.3, 0.4) is 0 Å². The Balaban J connectivity index is 2.74. The molecule has 56 valence electrons. The molecule has 2 N–H and O–H groups in total. The van der Waals surface area contributed by atoms with Gasteiger partial charge in [-0.2, -0.15) is 8.78 Å². The van der Waals surface area contributed by atoms with E-state index in [0.717, 1.165) is 0 Å². The molecule has 1 rings (SSSR count). The Morgan fingerprint density at radius 1 is 1.60 bits per heavy atom. The van der Waals surface area contributed by atoms with Crippen LogP contribution in [0.5, 0.6) is 0 Å². The van der Waals surface area contributed by atoms with Gasteiger partial charge in [0.2, 0.25) is 0 Å². The Morgan fingerprint density at radius 3 is 2.20 bits per heavy atom. The van der Waals surface area contributed by atoms with E-state index in [9.17, 15) is 8.78 Å². The molecule has 1 heterocycles. The van der Waals surface area contributed by atoms with Crippen molar-refractivity contribution < 1.29 is 8.78 Å². The van der Waals surface area contributed by atoms with Crippen molar-refractivity contribution in [1.29, 1.82) is 0 Å².